The Hall–Kier alpha value is -1.02. The molecule has 2 atom stereocenters. The van der Waals surface area contributed by atoms with Gasteiger partial charge in [-0.05, 0) is 129 Å². The molecule has 0 bridgehead atoms. The third kappa shape index (κ3) is 10.4. The van der Waals surface area contributed by atoms with Crippen molar-refractivity contribution >= 4 is 24.4 Å². The Morgan fingerprint density at radius 3 is 2.44 bits per heavy atom. The summed E-state index contributed by atoms with van der Waals surface area (Å²) in [6, 6.07) is 0. The molecule has 2 aliphatic carbocycles. The molecule has 36 heavy (non-hydrogen) atoms. The van der Waals surface area contributed by atoms with Crippen LogP contribution in [0.3, 0.4) is 0 Å². The maximum Gasteiger partial charge on any atom is 0.132 e. The highest BCUT2D eigenvalue weighted by molar-refractivity contribution is 14.2. The van der Waals surface area contributed by atoms with E-state index in [4.69, 9.17) is 4.74 Å². The van der Waals surface area contributed by atoms with Gasteiger partial charge in [0.05, 0.1) is 0 Å². The van der Waals surface area contributed by atoms with Crippen molar-refractivity contribution in [2.75, 3.05) is 34.2 Å². The van der Waals surface area contributed by atoms with Crippen molar-refractivity contribution in [3.8, 4) is 0 Å². The Balaban J connectivity index is 0.000000213. The third-order valence-electron chi connectivity index (χ3n) is 7.26. The SMILES string of the molecule is CC1=CCC(C)CC1.CN(C)CC1=CCCC=C1.CNCCC1(C)CCC2=C(O1)C(C)=C(C)C(O)=I2. The molecule has 0 saturated heterocycles. The molecule has 0 amide bonds. The quantitative estimate of drug-likeness (QED) is 0.247. The molecule has 4 aliphatic rings. The molecule has 0 aromatic heterocycles. The largest absolute Gasteiger partial charge is 0.486 e. The fraction of sp³-hybridized carbons (Fsp3) is 0.645. The van der Waals surface area contributed by atoms with E-state index in [1.807, 2.05) is 14.0 Å². The summed E-state index contributed by atoms with van der Waals surface area (Å²) in [6.45, 7) is 12.9. The molecule has 0 fully saturated rings. The van der Waals surface area contributed by atoms with E-state index in [0.29, 0.717) is 3.69 Å². The molecule has 2 aliphatic heterocycles. The Bertz CT molecular complexity index is 923. The number of allylic oxidation sites excluding steroid dienone is 6. The summed E-state index contributed by atoms with van der Waals surface area (Å²) in [5.41, 5.74) is 5.14. The van der Waals surface area contributed by atoms with Crippen molar-refractivity contribution in [1.29, 1.82) is 0 Å². The molecule has 2 N–H and O–H groups in total. The summed E-state index contributed by atoms with van der Waals surface area (Å²) in [5.74, 6) is 2.03. The number of rotatable bonds is 5. The van der Waals surface area contributed by atoms with Gasteiger partial charge in [-0.25, -0.2) is 0 Å². The molecule has 4 rings (SSSR count). The molecular weight excluding hydrogens is 559 g/mol. The number of nitrogens with one attached hydrogen (secondary N) is 1. The summed E-state index contributed by atoms with van der Waals surface area (Å²) in [6.07, 6.45) is 18.8. The monoisotopic (exact) mass is 610 g/mol. The second kappa shape index (κ2) is 15.4. The Kier molecular flexibility index (Phi) is 13.4. The van der Waals surface area contributed by atoms with Gasteiger partial charge < -0.3 is 20.1 Å². The number of aliphatic hydroxyl groups excluding tert-OH is 1. The van der Waals surface area contributed by atoms with Gasteiger partial charge in [-0.15, -0.1) is 0 Å². The minimum Gasteiger partial charge on any atom is -0.486 e. The number of ether oxygens (including phenoxy) is 1. The summed E-state index contributed by atoms with van der Waals surface area (Å²) in [4.78, 5) is 2.20. The van der Waals surface area contributed by atoms with Crippen LogP contribution in [0.5, 0.6) is 0 Å². The summed E-state index contributed by atoms with van der Waals surface area (Å²) in [5, 5.41) is 13.2. The van der Waals surface area contributed by atoms with E-state index < -0.39 is 0 Å². The molecule has 204 valence electrons. The van der Waals surface area contributed by atoms with E-state index in [1.165, 1.54) is 41.3 Å². The summed E-state index contributed by atoms with van der Waals surface area (Å²) in [7, 11) is 6.18. The van der Waals surface area contributed by atoms with Crippen LogP contribution < -0.4 is 5.32 Å². The molecule has 4 nitrogen and oxygen atoms in total. The highest BCUT2D eigenvalue weighted by Gasteiger charge is 2.34. The van der Waals surface area contributed by atoms with Crippen LogP contribution >= 0.6 is 20.7 Å². The lowest BCUT2D eigenvalue weighted by molar-refractivity contribution is -0.00259. The molecule has 0 aromatic rings. The van der Waals surface area contributed by atoms with Crippen molar-refractivity contribution in [3.63, 3.8) is 0 Å². The van der Waals surface area contributed by atoms with Crippen LogP contribution in [0.25, 0.3) is 0 Å². The molecule has 2 heterocycles. The number of hydrogen-bond acceptors (Lipinski definition) is 4. The molecule has 0 spiro atoms. The fourth-order valence-corrected chi connectivity index (χ4v) is 7.25. The van der Waals surface area contributed by atoms with Gasteiger partial charge in [0.1, 0.15) is 15.1 Å². The lowest BCUT2D eigenvalue weighted by Gasteiger charge is -2.38. The van der Waals surface area contributed by atoms with Gasteiger partial charge in [0.2, 0.25) is 0 Å². The molecule has 2 unspecified atom stereocenters. The van der Waals surface area contributed by atoms with Crippen LogP contribution in [0.15, 0.2) is 55.9 Å². The van der Waals surface area contributed by atoms with Gasteiger partial charge >= 0.3 is 0 Å². The predicted octanol–water partition coefficient (Wildman–Crippen LogP) is 7.78. The van der Waals surface area contributed by atoms with Gasteiger partial charge in [0, 0.05) is 10.1 Å². The second-order valence-corrected chi connectivity index (χ2v) is 14.1. The Labute approximate surface area is 231 Å². The minimum atomic E-state index is -0.379. The first-order valence-electron chi connectivity index (χ1n) is 13.7. The van der Waals surface area contributed by atoms with Crippen molar-refractivity contribution in [1.82, 2.24) is 10.2 Å². The van der Waals surface area contributed by atoms with Crippen LogP contribution in [0, 0.1) is 5.92 Å². The topological polar surface area (TPSA) is 44.7 Å². The average Bonchev–Trinajstić information content (AvgIpc) is 2.85. The molecule has 0 aromatic carbocycles. The van der Waals surface area contributed by atoms with E-state index in [0.717, 1.165) is 55.2 Å². The van der Waals surface area contributed by atoms with Crippen molar-refractivity contribution in [2.24, 2.45) is 5.92 Å². The molecule has 5 heteroatoms. The predicted molar refractivity (Wildman–Crippen MR) is 165 cm³/mol. The number of hydrogen-bond donors (Lipinski definition) is 2. The van der Waals surface area contributed by atoms with Gasteiger partial charge in [-0.3, -0.25) is 0 Å². The Morgan fingerprint density at radius 2 is 1.89 bits per heavy atom. The smallest absolute Gasteiger partial charge is 0.132 e. The average molecular weight is 611 g/mol. The van der Waals surface area contributed by atoms with Crippen LogP contribution in [0.4, 0.5) is 0 Å². The molecule has 0 saturated carbocycles. The lowest BCUT2D eigenvalue weighted by atomic mass is 9.92. The van der Waals surface area contributed by atoms with Gasteiger partial charge in [0.15, 0.2) is 0 Å². The van der Waals surface area contributed by atoms with Crippen LogP contribution in [-0.4, -0.2) is 53.5 Å². The number of nitrogens with zero attached hydrogens (tertiary/aromatic N) is 1. The maximum absolute atomic E-state index is 9.97. The maximum atomic E-state index is 9.97. The van der Waals surface area contributed by atoms with Gasteiger partial charge in [-0.1, -0.05) is 57.5 Å². The minimum absolute atomic E-state index is 0.0555. The zero-order chi connectivity index (χ0) is 26.7. The second-order valence-electron chi connectivity index (χ2n) is 11.2. The summed E-state index contributed by atoms with van der Waals surface area (Å²) < 4.78 is 8.29. The third-order valence-corrected chi connectivity index (χ3v) is 10.3. The first-order chi connectivity index (χ1) is 17.0. The number of likely N-dealkylation sites (N-methyl/N-ethyl adjacent to an activating group) is 1. The van der Waals surface area contributed by atoms with Crippen LogP contribution in [0.1, 0.15) is 86.0 Å². The number of aliphatic hydroxyl groups is 1. The van der Waals surface area contributed by atoms with E-state index in [9.17, 15) is 5.11 Å². The van der Waals surface area contributed by atoms with Crippen molar-refractivity contribution in [2.45, 2.75) is 91.6 Å². The standard InChI is InChI=1S/C14H22INO2.C9H15N.C8H14/c1-9-10(2)13(17)15-11-5-6-14(3,7-8-16-4)18-12(9)11;1-10(2)8-9-6-4-3-5-7-9;1-7-3-5-8(2)6-4-7/h16-17H,5-8H2,1-4H3;4,6-7H,3,5,8H2,1-2H3;3,8H,4-6H2,1-2H3. The summed E-state index contributed by atoms with van der Waals surface area (Å²) >= 11 is -0.379. The zero-order valence-electron chi connectivity index (χ0n) is 24.1. The van der Waals surface area contributed by atoms with Gasteiger partial charge in [0.25, 0.3) is 0 Å². The molecule has 0 radical (unpaired) electrons. The molecular formula is C31H51IN2O2. The van der Waals surface area contributed by atoms with Crippen molar-refractivity contribution in [3.05, 3.63) is 55.9 Å². The van der Waals surface area contributed by atoms with E-state index in [-0.39, 0.29) is 26.3 Å². The van der Waals surface area contributed by atoms with E-state index in [2.05, 4.69) is 76.3 Å². The highest BCUT2D eigenvalue weighted by atomic mass is 127. The van der Waals surface area contributed by atoms with E-state index in [1.54, 1.807) is 5.57 Å². The zero-order valence-corrected chi connectivity index (χ0v) is 26.3. The van der Waals surface area contributed by atoms with E-state index >= 15 is 0 Å². The van der Waals surface area contributed by atoms with Crippen LogP contribution in [0.2, 0.25) is 0 Å². The fourth-order valence-electron chi connectivity index (χ4n) is 4.53. The first kappa shape index (κ1) is 31.2. The normalized spacial score (nSPS) is 25.7. The van der Waals surface area contributed by atoms with Crippen LogP contribution in [-0.2, 0) is 4.74 Å². The van der Waals surface area contributed by atoms with Gasteiger partial charge in [-0.2, -0.15) is 0 Å². The highest BCUT2D eigenvalue weighted by Crippen LogP contribution is 2.44. The number of halogens is 1. The van der Waals surface area contributed by atoms with Crippen molar-refractivity contribution < 1.29 is 9.84 Å². The first-order valence-corrected chi connectivity index (χ1v) is 15.8. The Morgan fingerprint density at radius 1 is 1.14 bits per heavy atom. The lowest BCUT2D eigenvalue weighted by Crippen LogP contribution is -2.35.